The molecule has 2 aromatic heterocycles. The topological polar surface area (TPSA) is 85.5 Å². The van der Waals surface area contributed by atoms with E-state index in [1.807, 2.05) is 0 Å². The minimum absolute atomic E-state index is 0.192. The Morgan fingerprint density at radius 1 is 1.27 bits per heavy atom. The van der Waals surface area contributed by atoms with Crippen LogP contribution in [-0.2, 0) is 9.53 Å². The maximum Gasteiger partial charge on any atom is 0.326 e. The van der Waals surface area contributed by atoms with Crippen molar-refractivity contribution >= 4 is 28.7 Å². The molecule has 0 aliphatic heterocycles. The van der Waals surface area contributed by atoms with Crippen LogP contribution in [0, 0.1) is 12.7 Å². The number of fused-ring (bicyclic) bond motifs is 1. The molecular formula is C18H16FN3O4. The number of ether oxygens (including phenoxy) is 1. The molecular weight excluding hydrogens is 341 g/mol. The highest BCUT2D eigenvalue weighted by atomic mass is 19.1. The summed E-state index contributed by atoms with van der Waals surface area (Å²) in [4.78, 5) is 30.2. The van der Waals surface area contributed by atoms with Gasteiger partial charge >= 0.3 is 5.97 Å². The Labute approximate surface area is 148 Å². The maximum absolute atomic E-state index is 13.2. The fourth-order valence-corrected chi connectivity index (χ4v) is 2.45. The summed E-state index contributed by atoms with van der Waals surface area (Å²) in [6, 6.07) is 6.86. The second-order valence-corrected chi connectivity index (χ2v) is 5.52. The summed E-state index contributed by atoms with van der Waals surface area (Å²) in [6.45, 7) is 3.29. The molecule has 1 aromatic carbocycles. The number of carbonyl (C=O) groups is 2. The van der Waals surface area contributed by atoms with E-state index >= 15 is 0 Å². The van der Waals surface area contributed by atoms with Gasteiger partial charge in [0.1, 0.15) is 12.4 Å². The van der Waals surface area contributed by atoms with E-state index in [2.05, 4.69) is 10.1 Å². The van der Waals surface area contributed by atoms with Gasteiger partial charge in [0, 0.05) is 11.9 Å². The molecule has 26 heavy (non-hydrogen) atoms. The summed E-state index contributed by atoms with van der Waals surface area (Å²) in [5.74, 6) is -1.49. The normalized spacial score (nSPS) is 10.7. The smallest absolute Gasteiger partial charge is 0.326 e. The number of aryl methyl sites for hydroxylation is 1. The van der Waals surface area contributed by atoms with E-state index in [1.54, 1.807) is 19.9 Å². The van der Waals surface area contributed by atoms with E-state index < -0.39 is 17.7 Å². The second-order valence-electron chi connectivity index (χ2n) is 5.52. The van der Waals surface area contributed by atoms with Gasteiger partial charge in [-0.25, -0.2) is 9.37 Å². The molecule has 0 bridgehead atoms. The van der Waals surface area contributed by atoms with E-state index in [0.717, 1.165) is 0 Å². The van der Waals surface area contributed by atoms with Crippen LogP contribution in [0.3, 0.4) is 0 Å². The Bertz CT molecular complexity index is 953. The zero-order valence-corrected chi connectivity index (χ0v) is 14.2. The highest BCUT2D eigenvalue weighted by Crippen LogP contribution is 2.21. The number of rotatable bonds is 5. The van der Waals surface area contributed by atoms with Gasteiger partial charge in [-0.1, -0.05) is 5.16 Å². The van der Waals surface area contributed by atoms with Crippen LogP contribution in [0.1, 0.15) is 23.0 Å². The van der Waals surface area contributed by atoms with E-state index in [-0.39, 0.29) is 18.7 Å². The highest BCUT2D eigenvalue weighted by molar-refractivity contribution is 6.09. The third kappa shape index (κ3) is 3.53. The van der Waals surface area contributed by atoms with Crippen molar-refractivity contribution in [3.05, 3.63) is 53.6 Å². The van der Waals surface area contributed by atoms with Crippen LogP contribution in [-0.4, -0.2) is 35.2 Å². The molecule has 0 unspecified atom stereocenters. The molecule has 3 rings (SSSR count). The summed E-state index contributed by atoms with van der Waals surface area (Å²) in [6.07, 6.45) is 1.34. The molecule has 0 N–H and O–H groups in total. The molecule has 0 aliphatic carbocycles. The number of esters is 1. The van der Waals surface area contributed by atoms with Crippen molar-refractivity contribution in [3.8, 4) is 0 Å². The number of aromatic nitrogens is 2. The lowest BCUT2D eigenvalue weighted by Gasteiger charge is -2.22. The average molecular weight is 357 g/mol. The number of pyridine rings is 1. The summed E-state index contributed by atoms with van der Waals surface area (Å²) < 4.78 is 23.2. The van der Waals surface area contributed by atoms with Crippen LogP contribution in [0.4, 0.5) is 10.1 Å². The fraction of sp³-hybridized carbons (Fsp3) is 0.222. The van der Waals surface area contributed by atoms with Gasteiger partial charge in [0.25, 0.3) is 11.6 Å². The first-order valence-corrected chi connectivity index (χ1v) is 7.94. The van der Waals surface area contributed by atoms with Crippen LogP contribution < -0.4 is 4.90 Å². The first-order valence-electron chi connectivity index (χ1n) is 7.94. The van der Waals surface area contributed by atoms with Gasteiger partial charge in [-0.3, -0.25) is 14.5 Å². The number of anilines is 1. The van der Waals surface area contributed by atoms with Crippen molar-refractivity contribution < 1.29 is 23.2 Å². The zero-order valence-electron chi connectivity index (χ0n) is 14.2. The molecule has 134 valence electrons. The minimum Gasteiger partial charge on any atom is -0.465 e. The predicted molar refractivity (Wildman–Crippen MR) is 91.3 cm³/mol. The van der Waals surface area contributed by atoms with Gasteiger partial charge in [-0.15, -0.1) is 0 Å². The van der Waals surface area contributed by atoms with E-state index in [4.69, 9.17) is 9.26 Å². The van der Waals surface area contributed by atoms with Crippen molar-refractivity contribution in [2.24, 2.45) is 0 Å². The van der Waals surface area contributed by atoms with Gasteiger partial charge in [-0.05, 0) is 44.2 Å². The quantitative estimate of drug-likeness (QED) is 0.653. The molecule has 0 saturated carbocycles. The Balaban J connectivity index is 1.98. The number of hydrogen-bond donors (Lipinski definition) is 0. The van der Waals surface area contributed by atoms with E-state index in [0.29, 0.717) is 22.5 Å². The molecule has 0 fully saturated rings. The Morgan fingerprint density at radius 2 is 2.00 bits per heavy atom. The van der Waals surface area contributed by atoms with Gasteiger partial charge in [0.05, 0.1) is 23.3 Å². The standard InChI is InChI=1S/C18H16FN3O4/c1-3-25-16(23)10-22(14-6-4-13(19)5-7-14)18(24)12-8-15-11(2)21-26-17(15)20-9-12/h4-9H,3,10H2,1-2H3. The van der Waals surface area contributed by atoms with Crippen LogP contribution in [0.2, 0.25) is 0 Å². The van der Waals surface area contributed by atoms with Gasteiger partial charge in [-0.2, -0.15) is 0 Å². The number of nitrogens with zero attached hydrogens (tertiary/aromatic N) is 3. The van der Waals surface area contributed by atoms with Crippen molar-refractivity contribution in [2.75, 3.05) is 18.1 Å². The monoisotopic (exact) mass is 357 g/mol. The third-order valence-electron chi connectivity index (χ3n) is 3.73. The fourth-order valence-electron chi connectivity index (χ4n) is 2.45. The van der Waals surface area contributed by atoms with Crippen LogP contribution in [0.25, 0.3) is 11.1 Å². The minimum atomic E-state index is -0.569. The summed E-state index contributed by atoms with van der Waals surface area (Å²) in [5, 5.41) is 4.41. The molecule has 0 aliphatic rings. The lowest BCUT2D eigenvalue weighted by atomic mass is 10.1. The second kappa shape index (κ2) is 7.30. The van der Waals surface area contributed by atoms with Crippen molar-refractivity contribution in [1.29, 1.82) is 0 Å². The predicted octanol–water partition coefficient (Wildman–Crippen LogP) is 2.88. The first kappa shape index (κ1) is 17.5. The molecule has 8 heteroatoms. The maximum atomic E-state index is 13.2. The van der Waals surface area contributed by atoms with E-state index in [1.165, 1.54) is 35.4 Å². The van der Waals surface area contributed by atoms with Crippen LogP contribution in [0.15, 0.2) is 41.1 Å². The number of halogens is 1. The molecule has 2 heterocycles. The average Bonchev–Trinajstić information content (AvgIpc) is 3.01. The molecule has 7 nitrogen and oxygen atoms in total. The van der Waals surface area contributed by atoms with Crippen molar-refractivity contribution in [2.45, 2.75) is 13.8 Å². The molecule has 0 spiro atoms. The Hall–Kier alpha value is -3.29. The van der Waals surface area contributed by atoms with E-state index in [9.17, 15) is 14.0 Å². The SMILES string of the molecule is CCOC(=O)CN(C(=O)c1cnc2onc(C)c2c1)c1ccc(F)cc1. The highest BCUT2D eigenvalue weighted by Gasteiger charge is 2.23. The number of benzene rings is 1. The molecule has 1 amide bonds. The Morgan fingerprint density at radius 3 is 2.69 bits per heavy atom. The zero-order chi connectivity index (χ0) is 18.7. The van der Waals surface area contributed by atoms with Crippen molar-refractivity contribution in [1.82, 2.24) is 10.1 Å². The number of hydrogen-bond acceptors (Lipinski definition) is 6. The number of amides is 1. The van der Waals surface area contributed by atoms with Gasteiger partial charge < -0.3 is 9.26 Å². The lowest BCUT2D eigenvalue weighted by Crippen LogP contribution is -2.36. The summed E-state index contributed by atoms with van der Waals surface area (Å²) >= 11 is 0. The molecule has 0 atom stereocenters. The molecule has 0 saturated heterocycles. The lowest BCUT2D eigenvalue weighted by molar-refractivity contribution is -0.141. The Kier molecular flexibility index (Phi) is 4.92. The summed E-state index contributed by atoms with van der Waals surface area (Å²) in [7, 11) is 0. The number of carbonyl (C=O) groups excluding carboxylic acids is 2. The van der Waals surface area contributed by atoms with Gasteiger partial charge in [0.2, 0.25) is 0 Å². The summed E-state index contributed by atoms with van der Waals surface area (Å²) in [5.41, 5.74) is 1.53. The van der Waals surface area contributed by atoms with Crippen LogP contribution >= 0.6 is 0 Å². The molecule has 0 radical (unpaired) electrons. The molecule has 3 aromatic rings. The van der Waals surface area contributed by atoms with Crippen molar-refractivity contribution in [3.63, 3.8) is 0 Å². The third-order valence-corrected chi connectivity index (χ3v) is 3.73. The van der Waals surface area contributed by atoms with Crippen LogP contribution in [0.5, 0.6) is 0 Å². The first-order chi connectivity index (χ1) is 12.5. The van der Waals surface area contributed by atoms with Gasteiger partial charge in [0.15, 0.2) is 0 Å². The largest absolute Gasteiger partial charge is 0.465 e.